The minimum atomic E-state index is -3.16. The van der Waals surface area contributed by atoms with E-state index >= 15 is 0 Å². The second-order valence-corrected chi connectivity index (χ2v) is 6.96. The van der Waals surface area contributed by atoms with E-state index < -0.39 is 24.9 Å². The summed E-state index contributed by atoms with van der Waals surface area (Å²) in [6, 6.07) is 13.9. The van der Waals surface area contributed by atoms with E-state index in [0.29, 0.717) is 10.6 Å². The lowest BCUT2D eigenvalue weighted by atomic mass is 10.2. The molecule has 0 atom stereocenters. The highest BCUT2D eigenvalue weighted by Crippen LogP contribution is 2.23. The van der Waals surface area contributed by atoms with E-state index in [4.69, 9.17) is 5.73 Å². The van der Waals surface area contributed by atoms with Crippen molar-refractivity contribution in [2.75, 3.05) is 24.2 Å². The summed E-state index contributed by atoms with van der Waals surface area (Å²) < 4.78 is 26.4. The summed E-state index contributed by atoms with van der Waals surface area (Å²) in [4.78, 5) is 24.8. The fourth-order valence-corrected chi connectivity index (χ4v) is 2.98. The van der Waals surface area contributed by atoms with Gasteiger partial charge in [-0.25, -0.2) is 8.78 Å². The minimum Gasteiger partial charge on any atom is -0.346 e. The Balaban J connectivity index is 0.00000392. The Kier molecular flexibility index (Phi) is 9.37. The first-order valence-electron chi connectivity index (χ1n) is 8.25. The molecule has 2 rings (SSSR count). The number of amides is 2. The lowest BCUT2D eigenvalue weighted by Gasteiger charge is -2.15. The number of benzene rings is 2. The smallest absolute Gasteiger partial charge is 0.277 e. The maximum Gasteiger partial charge on any atom is 0.277 e. The van der Waals surface area contributed by atoms with E-state index in [1.807, 2.05) is 19.1 Å². The number of aryl methyl sites for hydroxylation is 1. The highest BCUT2D eigenvalue weighted by Gasteiger charge is 2.27. The van der Waals surface area contributed by atoms with E-state index in [9.17, 15) is 18.4 Å². The van der Waals surface area contributed by atoms with Crippen LogP contribution >= 0.6 is 24.2 Å². The molecule has 9 heteroatoms. The topological polar surface area (TPSA) is 84.2 Å². The molecule has 0 fully saturated rings. The van der Waals surface area contributed by atoms with Crippen LogP contribution in [0.4, 0.5) is 14.5 Å². The van der Waals surface area contributed by atoms with Crippen molar-refractivity contribution in [1.29, 1.82) is 0 Å². The number of rotatable bonds is 8. The third-order valence-electron chi connectivity index (χ3n) is 3.63. The quantitative estimate of drug-likeness (QED) is 0.561. The van der Waals surface area contributed by atoms with Crippen LogP contribution in [0, 0.1) is 6.92 Å². The van der Waals surface area contributed by atoms with Gasteiger partial charge in [-0.3, -0.25) is 9.59 Å². The molecule has 5 nitrogen and oxygen atoms in total. The summed E-state index contributed by atoms with van der Waals surface area (Å²) in [5, 5.41) is 4.95. The van der Waals surface area contributed by atoms with Crippen molar-refractivity contribution in [2.24, 2.45) is 5.73 Å². The predicted molar refractivity (Wildman–Crippen MR) is 111 cm³/mol. The van der Waals surface area contributed by atoms with Gasteiger partial charge in [-0.05, 0) is 31.2 Å². The summed E-state index contributed by atoms with van der Waals surface area (Å²) in [6.45, 7) is 0.269. The molecule has 2 aromatic rings. The number of nitrogens with one attached hydrogen (secondary N) is 2. The number of hydrogen-bond donors (Lipinski definition) is 3. The van der Waals surface area contributed by atoms with Gasteiger partial charge in [0.05, 0.1) is 24.4 Å². The van der Waals surface area contributed by atoms with Gasteiger partial charge in [-0.2, -0.15) is 0 Å². The fraction of sp³-hybridized carbons (Fsp3) is 0.263. The molecule has 2 aromatic carbocycles. The van der Waals surface area contributed by atoms with Gasteiger partial charge in [0, 0.05) is 10.6 Å². The molecule has 0 aliphatic heterocycles. The van der Waals surface area contributed by atoms with Gasteiger partial charge >= 0.3 is 0 Å². The van der Waals surface area contributed by atoms with Crippen LogP contribution < -0.4 is 16.4 Å². The molecular weight excluding hydrogens is 408 g/mol. The zero-order valence-electron chi connectivity index (χ0n) is 15.2. The maximum absolute atomic E-state index is 13.2. The van der Waals surface area contributed by atoms with Crippen molar-refractivity contribution in [1.82, 2.24) is 5.32 Å². The van der Waals surface area contributed by atoms with Gasteiger partial charge in [0.25, 0.3) is 11.8 Å². The first kappa shape index (κ1) is 23.9. The first-order chi connectivity index (χ1) is 12.8. The van der Waals surface area contributed by atoms with Gasteiger partial charge in [-0.15, -0.1) is 24.2 Å². The molecule has 0 unspecified atom stereocenters. The van der Waals surface area contributed by atoms with Crippen LogP contribution in [0.1, 0.15) is 15.9 Å². The van der Waals surface area contributed by atoms with E-state index in [1.54, 1.807) is 30.3 Å². The normalized spacial score (nSPS) is 10.7. The first-order valence-corrected chi connectivity index (χ1v) is 9.24. The van der Waals surface area contributed by atoms with Crippen LogP contribution in [0.5, 0.6) is 0 Å². The van der Waals surface area contributed by atoms with E-state index in [1.165, 1.54) is 6.07 Å². The molecule has 152 valence electrons. The van der Waals surface area contributed by atoms with Gasteiger partial charge in [0.15, 0.2) is 0 Å². The van der Waals surface area contributed by atoms with E-state index in [2.05, 4.69) is 10.6 Å². The van der Waals surface area contributed by atoms with Crippen molar-refractivity contribution in [3.63, 3.8) is 0 Å². The lowest BCUT2D eigenvalue weighted by Crippen LogP contribution is -2.41. The number of carbonyl (C=O) groups is 2. The van der Waals surface area contributed by atoms with Crippen LogP contribution in [0.3, 0.4) is 0 Å². The molecular formula is C19H22ClF2N3O2S. The number of anilines is 1. The van der Waals surface area contributed by atoms with Gasteiger partial charge in [0.1, 0.15) is 0 Å². The number of thioether (sulfide) groups is 1. The average Bonchev–Trinajstić information content (AvgIpc) is 2.66. The summed E-state index contributed by atoms with van der Waals surface area (Å²) in [6.07, 6.45) is 0. The molecule has 0 aliphatic carbocycles. The summed E-state index contributed by atoms with van der Waals surface area (Å²) >= 11 is 1.16. The number of alkyl halides is 2. The van der Waals surface area contributed by atoms with E-state index in [0.717, 1.165) is 17.3 Å². The lowest BCUT2D eigenvalue weighted by molar-refractivity contribution is -0.113. The predicted octanol–water partition coefficient (Wildman–Crippen LogP) is 3.47. The summed E-state index contributed by atoms with van der Waals surface area (Å²) in [5.41, 5.74) is 6.97. The fourth-order valence-electron chi connectivity index (χ4n) is 2.13. The Hall–Kier alpha value is -2.16. The van der Waals surface area contributed by atoms with Crippen molar-refractivity contribution in [3.05, 3.63) is 59.7 Å². The molecule has 0 heterocycles. The second kappa shape index (κ2) is 11.0. The molecule has 0 saturated carbocycles. The molecule has 0 aromatic heterocycles. The minimum absolute atomic E-state index is 0. The molecule has 0 bridgehead atoms. The van der Waals surface area contributed by atoms with Crippen LogP contribution in [0.25, 0.3) is 0 Å². The zero-order chi connectivity index (χ0) is 19.9. The van der Waals surface area contributed by atoms with Crippen LogP contribution in [0.2, 0.25) is 0 Å². The molecule has 28 heavy (non-hydrogen) atoms. The third-order valence-corrected chi connectivity index (χ3v) is 4.71. The summed E-state index contributed by atoms with van der Waals surface area (Å²) in [5.74, 6) is -3.94. The highest BCUT2D eigenvalue weighted by molar-refractivity contribution is 8.00. The van der Waals surface area contributed by atoms with E-state index in [-0.39, 0.29) is 29.6 Å². The molecule has 0 radical (unpaired) electrons. The van der Waals surface area contributed by atoms with Gasteiger partial charge in [0.2, 0.25) is 5.91 Å². The molecule has 0 spiro atoms. The number of halogens is 3. The largest absolute Gasteiger partial charge is 0.346 e. The monoisotopic (exact) mass is 429 g/mol. The SMILES string of the molecule is Cc1ccc(NC(=O)CSc2ccccc2C(=O)NCC(F)(F)CN)cc1.Cl. The second-order valence-electron chi connectivity index (χ2n) is 5.94. The maximum atomic E-state index is 13.2. The molecule has 2 amide bonds. The average molecular weight is 430 g/mol. The van der Waals surface area contributed by atoms with Crippen molar-refractivity contribution < 1.29 is 18.4 Å². The Morgan fingerprint density at radius 2 is 1.75 bits per heavy atom. The highest BCUT2D eigenvalue weighted by atomic mass is 35.5. The zero-order valence-corrected chi connectivity index (χ0v) is 16.8. The Morgan fingerprint density at radius 3 is 2.39 bits per heavy atom. The standard InChI is InChI=1S/C19H21F2N3O2S.ClH/c1-13-6-8-14(9-7-13)24-17(25)10-27-16-5-3-2-4-15(16)18(26)23-12-19(20,21)11-22;/h2-9H,10-12,22H2,1H3,(H,23,26)(H,24,25);1H. The Labute approximate surface area is 172 Å². The van der Waals surface area contributed by atoms with Gasteiger partial charge < -0.3 is 16.4 Å². The van der Waals surface area contributed by atoms with Crippen LogP contribution in [0.15, 0.2) is 53.4 Å². The molecule has 0 aliphatic rings. The molecule has 0 saturated heterocycles. The third kappa shape index (κ3) is 7.46. The van der Waals surface area contributed by atoms with Crippen LogP contribution in [-0.2, 0) is 4.79 Å². The van der Waals surface area contributed by atoms with Crippen LogP contribution in [-0.4, -0.2) is 36.6 Å². The molecule has 4 N–H and O–H groups in total. The van der Waals surface area contributed by atoms with Crippen molar-refractivity contribution in [3.8, 4) is 0 Å². The summed E-state index contributed by atoms with van der Waals surface area (Å²) in [7, 11) is 0. The Bertz CT molecular complexity index is 804. The number of nitrogens with two attached hydrogens (primary N) is 1. The number of hydrogen-bond acceptors (Lipinski definition) is 4. The number of carbonyl (C=O) groups excluding carboxylic acids is 2. The van der Waals surface area contributed by atoms with Crippen molar-refractivity contribution in [2.45, 2.75) is 17.7 Å². The Morgan fingerprint density at radius 1 is 1.11 bits per heavy atom. The van der Waals surface area contributed by atoms with Crippen molar-refractivity contribution >= 4 is 41.7 Å². The van der Waals surface area contributed by atoms with Gasteiger partial charge in [-0.1, -0.05) is 29.8 Å².